The van der Waals surface area contributed by atoms with Crippen molar-refractivity contribution in [2.24, 2.45) is 0 Å². The zero-order valence-corrected chi connectivity index (χ0v) is 17.2. The second kappa shape index (κ2) is 8.75. The molecule has 1 heterocycles. The van der Waals surface area contributed by atoms with E-state index in [9.17, 15) is 9.59 Å². The van der Waals surface area contributed by atoms with Crippen LogP contribution in [0, 0.1) is 13.8 Å². The van der Waals surface area contributed by atoms with Crippen LogP contribution in [-0.4, -0.2) is 21.8 Å². The van der Waals surface area contributed by atoms with E-state index in [2.05, 4.69) is 15.3 Å². The van der Waals surface area contributed by atoms with Gasteiger partial charge in [0, 0.05) is 23.6 Å². The smallest absolute Gasteiger partial charge is 0.339 e. The van der Waals surface area contributed by atoms with Gasteiger partial charge in [-0.3, -0.25) is 14.8 Å². The van der Waals surface area contributed by atoms with Gasteiger partial charge in [0.25, 0.3) is 5.91 Å². The average Bonchev–Trinajstić information content (AvgIpc) is 2.80. The number of aryl methyl sites for hydroxylation is 2. The molecule has 0 aliphatic carbocycles. The number of anilines is 1. The number of carbonyl (C=O) groups excluding carboxylic acids is 2. The molecule has 3 aromatic carbocycles. The number of ether oxygens (including phenoxy) is 1. The van der Waals surface area contributed by atoms with Crippen LogP contribution in [0.1, 0.15) is 33.2 Å². The van der Waals surface area contributed by atoms with E-state index in [1.54, 1.807) is 54.9 Å². The molecular formula is C25H21N3O3. The molecule has 1 amide bonds. The van der Waals surface area contributed by atoms with Crippen LogP contribution in [0.2, 0.25) is 0 Å². The zero-order chi connectivity index (χ0) is 21.8. The van der Waals surface area contributed by atoms with Crippen molar-refractivity contribution in [3.8, 4) is 0 Å². The molecule has 0 fully saturated rings. The van der Waals surface area contributed by atoms with Crippen LogP contribution >= 0.6 is 0 Å². The third-order valence-corrected chi connectivity index (χ3v) is 4.92. The number of benzene rings is 3. The first-order chi connectivity index (χ1) is 15.0. The van der Waals surface area contributed by atoms with Gasteiger partial charge in [-0.25, -0.2) is 4.79 Å². The third-order valence-electron chi connectivity index (χ3n) is 4.92. The number of hydrogen-bond donors (Lipinski definition) is 1. The SMILES string of the molecule is Cc1ccc(C)c(NC(=O)[C@H](OC(=O)c2ccc3nccnc3c2)c2ccccc2)c1. The standard InChI is InChI=1S/C25H21N3O3/c1-16-8-9-17(2)21(14-16)28-24(29)23(18-6-4-3-5-7-18)31-25(30)19-10-11-20-22(15-19)27-13-12-26-20/h3-15,23H,1-2H3,(H,28,29)/t23-/m1/s1. The fourth-order valence-corrected chi connectivity index (χ4v) is 3.23. The summed E-state index contributed by atoms with van der Waals surface area (Å²) in [6, 6.07) is 19.7. The Labute approximate surface area is 179 Å². The highest BCUT2D eigenvalue weighted by atomic mass is 16.5. The number of rotatable bonds is 5. The van der Waals surface area contributed by atoms with Crippen molar-refractivity contribution in [1.82, 2.24) is 9.97 Å². The molecule has 1 aromatic heterocycles. The highest BCUT2D eigenvalue weighted by Gasteiger charge is 2.26. The molecule has 0 radical (unpaired) electrons. The molecule has 0 bridgehead atoms. The monoisotopic (exact) mass is 411 g/mol. The van der Waals surface area contributed by atoms with E-state index in [1.165, 1.54) is 0 Å². The van der Waals surface area contributed by atoms with Gasteiger partial charge in [0.1, 0.15) is 0 Å². The van der Waals surface area contributed by atoms with E-state index in [0.29, 0.717) is 27.8 Å². The van der Waals surface area contributed by atoms with Crippen LogP contribution < -0.4 is 5.32 Å². The van der Waals surface area contributed by atoms with Gasteiger partial charge in [-0.05, 0) is 49.2 Å². The van der Waals surface area contributed by atoms with E-state index >= 15 is 0 Å². The van der Waals surface area contributed by atoms with Gasteiger partial charge < -0.3 is 10.1 Å². The van der Waals surface area contributed by atoms with Crippen molar-refractivity contribution in [1.29, 1.82) is 0 Å². The number of amides is 1. The molecule has 4 aromatic rings. The normalized spacial score (nSPS) is 11.7. The first-order valence-corrected chi connectivity index (χ1v) is 9.86. The first kappa shape index (κ1) is 20.2. The number of carbonyl (C=O) groups is 2. The molecule has 31 heavy (non-hydrogen) atoms. The quantitative estimate of drug-likeness (QED) is 0.478. The summed E-state index contributed by atoms with van der Waals surface area (Å²) in [6.45, 7) is 3.86. The second-order valence-corrected chi connectivity index (χ2v) is 7.26. The Bertz CT molecular complexity index is 1260. The molecule has 1 atom stereocenters. The lowest BCUT2D eigenvalue weighted by Gasteiger charge is -2.19. The molecule has 0 saturated carbocycles. The maximum atomic E-state index is 13.1. The molecule has 1 N–H and O–H groups in total. The van der Waals surface area contributed by atoms with E-state index < -0.39 is 18.0 Å². The van der Waals surface area contributed by atoms with Gasteiger partial charge >= 0.3 is 5.97 Å². The molecule has 0 spiro atoms. The molecule has 154 valence electrons. The van der Waals surface area contributed by atoms with Crippen molar-refractivity contribution < 1.29 is 14.3 Å². The highest BCUT2D eigenvalue weighted by molar-refractivity contribution is 5.99. The summed E-state index contributed by atoms with van der Waals surface area (Å²) in [5.74, 6) is -1.04. The number of nitrogens with zero attached hydrogens (tertiary/aromatic N) is 2. The largest absolute Gasteiger partial charge is 0.444 e. The molecule has 0 aliphatic rings. The minimum absolute atomic E-state index is 0.300. The summed E-state index contributed by atoms with van der Waals surface area (Å²) >= 11 is 0. The lowest BCUT2D eigenvalue weighted by atomic mass is 10.1. The predicted octanol–water partition coefficient (Wildman–Crippen LogP) is 4.78. The Morgan fingerprint density at radius 3 is 2.39 bits per heavy atom. The highest BCUT2D eigenvalue weighted by Crippen LogP contribution is 2.24. The summed E-state index contributed by atoms with van der Waals surface area (Å²) < 4.78 is 5.68. The molecule has 4 rings (SSSR count). The zero-order valence-electron chi connectivity index (χ0n) is 17.2. The van der Waals surface area contributed by atoms with Gasteiger partial charge in [-0.1, -0.05) is 42.5 Å². The Morgan fingerprint density at radius 1 is 0.871 bits per heavy atom. The molecule has 0 unspecified atom stereocenters. The van der Waals surface area contributed by atoms with Crippen molar-refractivity contribution in [3.63, 3.8) is 0 Å². The lowest BCUT2D eigenvalue weighted by molar-refractivity contribution is -0.125. The predicted molar refractivity (Wildman–Crippen MR) is 119 cm³/mol. The van der Waals surface area contributed by atoms with Crippen LogP contribution in [0.4, 0.5) is 5.69 Å². The van der Waals surface area contributed by atoms with Crippen LogP contribution in [-0.2, 0) is 9.53 Å². The number of nitrogens with one attached hydrogen (secondary N) is 1. The van der Waals surface area contributed by atoms with Crippen molar-refractivity contribution >= 4 is 28.6 Å². The van der Waals surface area contributed by atoms with E-state index in [1.807, 2.05) is 38.1 Å². The molecular weight excluding hydrogens is 390 g/mol. The van der Waals surface area contributed by atoms with E-state index in [4.69, 9.17) is 4.74 Å². The number of fused-ring (bicyclic) bond motifs is 1. The summed E-state index contributed by atoms with van der Waals surface area (Å²) in [5, 5.41) is 2.90. The Balaban J connectivity index is 1.62. The van der Waals surface area contributed by atoms with Crippen LogP contribution in [0.5, 0.6) is 0 Å². The lowest BCUT2D eigenvalue weighted by Crippen LogP contribution is -2.26. The Hall–Kier alpha value is -4.06. The molecule has 0 saturated heterocycles. The summed E-state index contributed by atoms with van der Waals surface area (Å²) in [5.41, 5.74) is 4.76. The van der Waals surface area contributed by atoms with Gasteiger partial charge in [-0.15, -0.1) is 0 Å². The number of esters is 1. The van der Waals surface area contributed by atoms with Crippen LogP contribution in [0.3, 0.4) is 0 Å². The fourth-order valence-electron chi connectivity index (χ4n) is 3.23. The van der Waals surface area contributed by atoms with Crippen LogP contribution in [0.15, 0.2) is 79.1 Å². The minimum Gasteiger partial charge on any atom is -0.444 e. The van der Waals surface area contributed by atoms with E-state index in [-0.39, 0.29) is 0 Å². The number of hydrogen-bond acceptors (Lipinski definition) is 5. The van der Waals surface area contributed by atoms with Gasteiger partial charge in [0.2, 0.25) is 6.10 Å². The van der Waals surface area contributed by atoms with Gasteiger partial charge in [0.05, 0.1) is 16.6 Å². The summed E-state index contributed by atoms with van der Waals surface area (Å²) in [4.78, 5) is 34.5. The maximum Gasteiger partial charge on any atom is 0.339 e. The Morgan fingerprint density at radius 2 is 1.61 bits per heavy atom. The van der Waals surface area contributed by atoms with Gasteiger partial charge in [-0.2, -0.15) is 0 Å². The maximum absolute atomic E-state index is 13.1. The van der Waals surface area contributed by atoms with Crippen molar-refractivity contribution in [2.75, 3.05) is 5.32 Å². The Kier molecular flexibility index (Phi) is 5.71. The number of aromatic nitrogens is 2. The topological polar surface area (TPSA) is 81.2 Å². The van der Waals surface area contributed by atoms with Crippen LogP contribution in [0.25, 0.3) is 11.0 Å². The van der Waals surface area contributed by atoms with Crippen molar-refractivity contribution in [2.45, 2.75) is 20.0 Å². The first-order valence-electron chi connectivity index (χ1n) is 9.86. The fraction of sp³-hybridized carbons (Fsp3) is 0.120. The average molecular weight is 411 g/mol. The van der Waals surface area contributed by atoms with E-state index in [0.717, 1.165) is 11.1 Å². The van der Waals surface area contributed by atoms with Gasteiger partial charge in [0.15, 0.2) is 0 Å². The molecule has 0 aliphatic heterocycles. The molecule has 6 nitrogen and oxygen atoms in total. The molecule has 6 heteroatoms. The third kappa shape index (κ3) is 4.59. The summed E-state index contributed by atoms with van der Waals surface area (Å²) in [6.07, 6.45) is 2.04. The minimum atomic E-state index is -1.11. The summed E-state index contributed by atoms with van der Waals surface area (Å²) in [7, 11) is 0. The second-order valence-electron chi connectivity index (χ2n) is 7.26. The van der Waals surface area contributed by atoms with Crippen molar-refractivity contribution in [3.05, 3.63) is 101 Å².